The van der Waals surface area contributed by atoms with Gasteiger partial charge in [-0.25, -0.2) is 4.39 Å². The number of aryl methyl sites for hydroxylation is 1. The minimum absolute atomic E-state index is 0.0802. The van der Waals surface area contributed by atoms with E-state index in [1.807, 2.05) is 13.0 Å². The Balaban J connectivity index is 1.72. The van der Waals surface area contributed by atoms with Crippen molar-refractivity contribution in [1.82, 2.24) is 10.2 Å². The van der Waals surface area contributed by atoms with Gasteiger partial charge in [0.2, 0.25) is 0 Å². The van der Waals surface area contributed by atoms with Gasteiger partial charge in [-0.3, -0.25) is 4.79 Å². The molecule has 0 saturated carbocycles. The van der Waals surface area contributed by atoms with Crippen LogP contribution in [0.25, 0.3) is 0 Å². The molecule has 0 bridgehead atoms. The lowest BCUT2D eigenvalue weighted by Gasteiger charge is -2.09. The predicted molar refractivity (Wildman–Crippen MR) is 95.9 cm³/mol. The number of halogens is 2. The molecule has 7 heteroatoms. The van der Waals surface area contributed by atoms with Crippen LogP contribution in [0.15, 0.2) is 54.6 Å². The Bertz CT molecular complexity index is 915. The van der Waals surface area contributed by atoms with Crippen molar-refractivity contribution < 1.29 is 9.18 Å². The first-order valence-corrected chi connectivity index (χ1v) is 7.83. The highest BCUT2D eigenvalue weighted by Crippen LogP contribution is 2.23. The van der Waals surface area contributed by atoms with Crippen LogP contribution in [-0.4, -0.2) is 16.1 Å². The Labute approximate surface area is 148 Å². The van der Waals surface area contributed by atoms with Crippen molar-refractivity contribution in [3.05, 3.63) is 76.7 Å². The summed E-state index contributed by atoms with van der Waals surface area (Å²) < 4.78 is 13.6. The third-order valence-corrected chi connectivity index (χ3v) is 3.72. The van der Waals surface area contributed by atoms with Gasteiger partial charge in [-0.2, -0.15) is 0 Å². The van der Waals surface area contributed by atoms with Crippen molar-refractivity contribution in [3.8, 4) is 0 Å². The van der Waals surface area contributed by atoms with Crippen molar-refractivity contribution in [2.45, 2.75) is 6.92 Å². The summed E-state index contributed by atoms with van der Waals surface area (Å²) in [6.45, 7) is 1.93. The van der Waals surface area contributed by atoms with Crippen LogP contribution in [0.5, 0.6) is 0 Å². The van der Waals surface area contributed by atoms with Gasteiger partial charge in [-0.15, -0.1) is 10.2 Å². The number of anilines is 3. The molecule has 1 aromatic heterocycles. The number of nitrogens with zero attached hydrogens (tertiary/aromatic N) is 2. The number of hydrogen-bond acceptors (Lipinski definition) is 4. The molecule has 2 aromatic carbocycles. The SMILES string of the molecule is Cc1ccc(Cl)cc1Nc1ccc(C(=O)Nc2ccccc2F)nn1. The molecular weight excluding hydrogens is 343 g/mol. The van der Waals surface area contributed by atoms with Crippen LogP contribution in [0.3, 0.4) is 0 Å². The summed E-state index contributed by atoms with van der Waals surface area (Å²) in [6, 6.07) is 14.5. The number of carbonyl (C=O) groups excluding carboxylic acids is 1. The number of hydrogen-bond donors (Lipinski definition) is 2. The molecule has 0 aliphatic rings. The fourth-order valence-electron chi connectivity index (χ4n) is 2.14. The van der Waals surface area contributed by atoms with Gasteiger partial charge >= 0.3 is 0 Å². The summed E-state index contributed by atoms with van der Waals surface area (Å²) in [5, 5.41) is 14.0. The van der Waals surface area contributed by atoms with Crippen LogP contribution < -0.4 is 10.6 Å². The lowest BCUT2D eigenvalue weighted by molar-refractivity contribution is 0.102. The molecule has 0 aliphatic heterocycles. The number of rotatable bonds is 4. The molecule has 3 rings (SSSR count). The maximum Gasteiger partial charge on any atom is 0.276 e. The maximum atomic E-state index is 13.6. The first kappa shape index (κ1) is 16.9. The lowest BCUT2D eigenvalue weighted by atomic mass is 10.2. The third kappa shape index (κ3) is 4.10. The monoisotopic (exact) mass is 356 g/mol. The van der Waals surface area contributed by atoms with Gasteiger partial charge in [0, 0.05) is 10.7 Å². The van der Waals surface area contributed by atoms with Crippen LogP contribution in [-0.2, 0) is 0 Å². The first-order chi connectivity index (χ1) is 12.0. The van der Waals surface area contributed by atoms with Crippen molar-refractivity contribution in [3.63, 3.8) is 0 Å². The molecule has 126 valence electrons. The highest BCUT2D eigenvalue weighted by molar-refractivity contribution is 6.30. The molecular formula is C18H14ClFN4O. The summed E-state index contributed by atoms with van der Waals surface area (Å²) in [5.41, 5.74) is 1.96. The van der Waals surface area contributed by atoms with E-state index in [0.717, 1.165) is 11.3 Å². The topological polar surface area (TPSA) is 66.9 Å². The molecule has 3 aromatic rings. The predicted octanol–water partition coefficient (Wildman–Crippen LogP) is 4.57. The molecule has 0 spiro atoms. The Kier molecular flexibility index (Phi) is 4.90. The average molecular weight is 357 g/mol. The fourth-order valence-corrected chi connectivity index (χ4v) is 2.31. The van der Waals surface area contributed by atoms with E-state index >= 15 is 0 Å². The van der Waals surface area contributed by atoms with Gasteiger partial charge in [0.1, 0.15) is 5.82 Å². The maximum absolute atomic E-state index is 13.6. The van der Waals surface area contributed by atoms with Crippen LogP contribution in [0.2, 0.25) is 5.02 Å². The molecule has 2 N–H and O–H groups in total. The summed E-state index contributed by atoms with van der Waals surface area (Å²) in [4.78, 5) is 12.1. The summed E-state index contributed by atoms with van der Waals surface area (Å²) in [6.07, 6.45) is 0. The van der Waals surface area contributed by atoms with Crippen molar-refractivity contribution in [1.29, 1.82) is 0 Å². The number of amides is 1. The largest absolute Gasteiger partial charge is 0.338 e. The summed E-state index contributed by atoms with van der Waals surface area (Å²) in [5.74, 6) is -0.588. The Morgan fingerprint density at radius 2 is 1.84 bits per heavy atom. The van der Waals surface area contributed by atoms with E-state index in [2.05, 4.69) is 20.8 Å². The molecule has 0 atom stereocenters. The van der Waals surface area contributed by atoms with Crippen LogP contribution in [0, 0.1) is 12.7 Å². The minimum atomic E-state index is -0.539. The van der Waals surface area contributed by atoms with E-state index in [4.69, 9.17) is 11.6 Å². The van der Waals surface area contributed by atoms with E-state index in [1.54, 1.807) is 30.3 Å². The first-order valence-electron chi connectivity index (χ1n) is 7.46. The highest BCUT2D eigenvalue weighted by Gasteiger charge is 2.11. The second-order valence-electron chi connectivity index (χ2n) is 5.32. The van der Waals surface area contributed by atoms with Crippen molar-refractivity contribution in [2.75, 3.05) is 10.6 Å². The van der Waals surface area contributed by atoms with E-state index in [1.165, 1.54) is 18.2 Å². The average Bonchev–Trinajstić information content (AvgIpc) is 2.61. The summed E-state index contributed by atoms with van der Waals surface area (Å²) in [7, 11) is 0. The molecule has 0 fully saturated rings. The minimum Gasteiger partial charge on any atom is -0.338 e. The molecule has 0 aliphatic carbocycles. The molecule has 0 saturated heterocycles. The van der Waals surface area contributed by atoms with Crippen molar-refractivity contribution >= 4 is 34.7 Å². The second-order valence-corrected chi connectivity index (χ2v) is 5.76. The van der Waals surface area contributed by atoms with Gasteiger partial charge in [0.15, 0.2) is 11.5 Å². The van der Waals surface area contributed by atoms with Gasteiger partial charge < -0.3 is 10.6 Å². The second kappa shape index (κ2) is 7.27. The van der Waals surface area contributed by atoms with Gasteiger partial charge in [0.25, 0.3) is 5.91 Å². The zero-order valence-corrected chi connectivity index (χ0v) is 14.0. The van der Waals surface area contributed by atoms with E-state index in [9.17, 15) is 9.18 Å². The third-order valence-electron chi connectivity index (χ3n) is 3.48. The lowest BCUT2D eigenvalue weighted by Crippen LogP contribution is -2.15. The number of aromatic nitrogens is 2. The van der Waals surface area contributed by atoms with Gasteiger partial charge in [-0.05, 0) is 48.9 Å². The van der Waals surface area contributed by atoms with Gasteiger partial charge in [0.05, 0.1) is 5.69 Å². The van der Waals surface area contributed by atoms with Crippen LogP contribution >= 0.6 is 11.6 Å². The normalized spacial score (nSPS) is 10.4. The fraction of sp³-hybridized carbons (Fsp3) is 0.0556. The quantitative estimate of drug-likeness (QED) is 0.718. The van der Waals surface area contributed by atoms with E-state index in [0.29, 0.717) is 10.8 Å². The smallest absolute Gasteiger partial charge is 0.276 e. The van der Waals surface area contributed by atoms with Gasteiger partial charge in [-0.1, -0.05) is 29.8 Å². The Hall–Kier alpha value is -2.99. The standard InChI is InChI=1S/C18H14ClFN4O/c1-11-6-7-12(19)10-16(11)21-17-9-8-15(23-24-17)18(25)22-14-5-3-2-4-13(14)20/h2-10H,1H3,(H,21,24)(H,22,25). The molecule has 1 amide bonds. The van der Waals surface area contributed by atoms with Crippen LogP contribution in [0.1, 0.15) is 16.1 Å². The number of carbonyl (C=O) groups is 1. The number of benzene rings is 2. The van der Waals surface area contributed by atoms with E-state index < -0.39 is 11.7 Å². The van der Waals surface area contributed by atoms with Crippen LogP contribution in [0.4, 0.5) is 21.6 Å². The molecule has 0 radical (unpaired) electrons. The highest BCUT2D eigenvalue weighted by atomic mass is 35.5. The molecule has 1 heterocycles. The number of para-hydroxylation sites is 1. The zero-order chi connectivity index (χ0) is 17.8. The van der Waals surface area contributed by atoms with E-state index in [-0.39, 0.29) is 11.4 Å². The molecule has 25 heavy (non-hydrogen) atoms. The zero-order valence-electron chi connectivity index (χ0n) is 13.3. The number of nitrogens with one attached hydrogen (secondary N) is 2. The Morgan fingerprint density at radius 3 is 2.56 bits per heavy atom. The Morgan fingerprint density at radius 1 is 1.04 bits per heavy atom. The van der Waals surface area contributed by atoms with Crippen molar-refractivity contribution in [2.24, 2.45) is 0 Å². The molecule has 5 nitrogen and oxygen atoms in total. The summed E-state index contributed by atoms with van der Waals surface area (Å²) >= 11 is 5.98. The molecule has 0 unspecified atom stereocenters.